The molecule has 28 heavy (non-hydrogen) atoms. The summed E-state index contributed by atoms with van der Waals surface area (Å²) >= 11 is 0. The lowest BCUT2D eigenvalue weighted by atomic mass is 9.92. The van der Waals surface area contributed by atoms with Crippen LogP contribution >= 0.6 is 0 Å². The first-order valence-corrected chi connectivity index (χ1v) is 10.1. The summed E-state index contributed by atoms with van der Waals surface area (Å²) in [6.07, 6.45) is 3.18. The average Bonchev–Trinajstić information content (AvgIpc) is 2.99. The molecule has 3 nitrogen and oxygen atoms in total. The number of pyridine rings is 1. The molecule has 0 saturated carbocycles. The Morgan fingerprint density at radius 2 is 1.82 bits per heavy atom. The van der Waals surface area contributed by atoms with Crippen LogP contribution < -0.4 is 4.57 Å². The first-order valence-electron chi connectivity index (χ1n) is 10.1. The van der Waals surface area contributed by atoms with Gasteiger partial charge in [0, 0.05) is 23.9 Å². The fourth-order valence-electron chi connectivity index (χ4n) is 4.72. The second-order valence-corrected chi connectivity index (χ2v) is 8.70. The largest absolute Gasteiger partial charge is 0.454 e. The molecule has 0 spiro atoms. The smallest absolute Gasteiger partial charge is 0.232 e. The zero-order chi connectivity index (χ0) is 19.7. The fraction of sp³-hybridized carbons (Fsp3) is 0.320. The van der Waals surface area contributed by atoms with E-state index in [1.807, 2.05) is 0 Å². The Bertz CT molecular complexity index is 1400. The summed E-state index contributed by atoms with van der Waals surface area (Å²) in [4.78, 5) is 0. The van der Waals surface area contributed by atoms with E-state index < -0.39 is 0 Å². The van der Waals surface area contributed by atoms with Crippen molar-refractivity contribution in [1.29, 1.82) is 0 Å². The van der Waals surface area contributed by atoms with Crippen molar-refractivity contribution in [2.75, 3.05) is 0 Å². The Kier molecular flexibility index (Phi) is 3.61. The predicted molar refractivity (Wildman–Crippen MR) is 117 cm³/mol. The summed E-state index contributed by atoms with van der Waals surface area (Å²) in [5.41, 5.74) is 9.53. The molecule has 0 saturated heterocycles. The van der Waals surface area contributed by atoms with Gasteiger partial charge >= 0.3 is 0 Å². The van der Waals surface area contributed by atoms with Crippen molar-refractivity contribution < 1.29 is 8.98 Å². The highest BCUT2D eigenvalue weighted by Crippen LogP contribution is 2.39. The maximum absolute atomic E-state index is 6.55. The number of rotatable bonds is 2. The monoisotopic (exact) mass is 371 g/mol. The van der Waals surface area contributed by atoms with Gasteiger partial charge in [0.05, 0.1) is 11.6 Å². The second kappa shape index (κ2) is 5.84. The molecule has 0 aliphatic heterocycles. The minimum absolute atomic E-state index is 0.618. The van der Waals surface area contributed by atoms with Gasteiger partial charge in [0.25, 0.3) is 0 Å². The van der Waals surface area contributed by atoms with E-state index in [-0.39, 0.29) is 0 Å². The summed E-state index contributed by atoms with van der Waals surface area (Å²) in [6.45, 7) is 8.99. The lowest BCUT2D eigenvalue weighted by Crippen LogP contribution is -2.24. The summed E-state index contributed by atoms with van der Waals surface area (Å²) in [7, 11) is 4.23. The number of aryl methyl sites for hydroxylation is 4. The van der Waals surface area contributed by atoms with Crippen LogP contribution in [0.15, 0.2) is 40.9 Å². The molecule has 3 heteroatoms. The summed E-state index contributed by atoms with van der Waals surface area (Å²) in [5, 5.41) is 3.84. The molecule has 0 atom stereocenters. The lowest BCUT2D eigenvalue weighted by molar-refractivity contribution is -0.642. The van der Waals surface area contributed by atoms with Gasteiger partial charge in [-0.3, -0.25) is 0 Å². The third-order valence-electron chi connectivity index (χ3n) is 6.18. The second-order valence-electron chi connectivity index (χ2n) is 8.70. The third kappa shape index (κ3) is 2.32. The molecular weight excluding hydrogens is 344 g/mol. The van der Waals surface area contributed by atoms with Crippen LogP contribution in [0.25, 0.3) is 43.9 Å². The normalized spacial score (nSPS) is 12.4. The van der Waals surface area contributed by atoms with E-state index in [1.54, 1.807) is 0 Å². The standard InChI is InChI=1S/C25H27N2O/c1-14(2)9-17-11-18-10-15(3)16(4)23-24(18)21(12-17)28-22-13-20-19(7-8-26(20)5)27(6)25(22)23/h7-8,10-14H,9H2,1-6H3/q+1. The fourth-order valence-corrected chi connectivity index (χ4v) is 4.72. The summed E-state index contributed by atoms with van der Waals surface area (Å²) in [6, 6.07) is 11.3. The molecule has 0 amide bonds. The zero-order valence-corrected chi connectivity index (χ0v) is 17.6. The van der Waals surface area contributed by atoms with E-state index in [2.05, 4.69) is 87.5 Å². The highest BCUT2D eigenvalue weighted by atomic mass is 16.3. The Morgan fingerprint density at radius 1 is 1.04 bits per heavy atom. The molecular formula is C25H27N2O+. The van der Waals surface area contributed by atoms with E-state index in [9.17, 15) is 0 Å². The molecule has 0 aliphatic carbocycles. The number of hydrogen-bond donors (Lipinski definition) is 0. The van der Waals surface area contributed by atoms with Gasteiger partial charge in [0.1, 0.15) is 18.1 Å². The average molecular weight is 372 g/mol. The molecule has 0 aliphatic rings. The Morgan fingerprint density at radius 3 is 2.57 bits per heavy atom. The highest BCUT2D eigenvalue weighted by molar-refractivity contribution is 6.19. The molecule has 5 rings (SSSR count). The molecule has 5 aromatic rings. The van der Waals surface area contributed by atoms with Crippen molar-refractivity contribution in [3.63, 3.8) is 0 Å². The maximum Gasteiger partial charge on any atom is 0.232 e. The molecule has 3 aromatic heterocycles. The minimum atomic E-state index is 0.618. The quantitative estimate of drug-likeness (QED) is 0.216. The Labute approximate surface area is 165 Å². The van der Waals surface area contributed by atoms with Gasteiger partial charge in [-0.25, -0.2) is 0 Å². The Balaban J connectivity index is 2.04. The van der Waals surface area contributed by atoms with Gasteiger partial charge in [-0.15, -0.1) is 0 Å². The van der Waals surface area contributed by atoms with Crippen LogP contribution in [-0.4, -0.2) is 4.57 Å². The Hall–Kier alpha value is -2.81. The topological polar surface area (TPSA) is 21.9 Å². The molecule has 2 aromatic carbocycles. The first-order chi connectivity index (χ1) is 13.3. The molecule has 0 fully saturated rings. The van der Waals surface area contributed by atoms with Gasteiger partial charge in [-0.05, 0) is 54.3 Å². The van der Waals surface area contributed by atoms with Gasteiger partial charge in [0.2, 0.25) is 5.52 Å². The zero-order valence-electron chi connectivity index (χ0n) is 17.6. The van der Waals surface area contributed by atoms with E-state index in [0.717, 1.165) is 17.6 Å². The SMILES string of the molecule is Cc1cc2cc(CC(C)C)cc3oc4cc5c(cc[n+]5C)n(C)c4c(c1C)c23. The van der Waals surface area contributed by atoms with Crippen molar-refractivity contribution in [2.24, 2.45) is 20.0 Å². The van der Waals surface area contributed by atoms with E-state index in [4.69, 9.17) is 4.42 Å². The molecule has 0 N–H and O–H groups in total. The van der Waals surface area contributed by atoms with Crippen molar-refractivity contribution in [3.8, 4) is 0 Å². The van der Waals surface area contributed by atoms with Gasteiger partial charge in [-0.1, -0.05) is 26.0 Å². The number of aromatic nitrogens is 2. The number of hydrogen-bond acceptors (Lipinski definition) is 1. The van der Waals surface area contributed by atoms with Crippen LogP contribution in [-0.2, 0) is 20.5 Å². The van der Waals surface area contributed by atoms with Crippen molar-refractivity contribution >= 4 is 43.9 Å². The van der Waals surface area contributed by atoms with Crippen molar-refractivity contribution in [1.82, 2.24) is 4.57 Å². The molecule has 142 valence electrons. The highest BCUT2D eigenvalue weighted by Gasteiger charge is 2.20. The third-order valence-corrected chi connectivity index (χ3v) is 6.18. The first kappa shape index (κ1) is 17.3. The molecule has 0 bridgehead atoms. The van der Waals surface area contributed by atoms with E-state index in [1.165, 1.54) is 49.4 Å². The van der Waals surface area contributed by atoms with Crippen LogP contribution in [0.5, 0.6) is 0 Å². The minimum Gasteiger partial charge on any atom is -0.454 e. The van der Waals surface area contributed by atoms with Gasteiger partial charge < -0.3 is 8.98 Å². The lowest BCUT2D eigenvalue weighted by Gasteiger charge is -2.17. The van der Waals surface area contributed by atoms with Crippen LogP contribution in [0.1, 0.15) is 30.5 Å². The molecule has 0 radical (unpaired) electrons. The predicted octanol–water partition coefficient (Wildman–Crippen LogP) is 5.87. The van der Waals surface area contributed by atoms with Gasteiger partial charge in [0.15, 0.2) is 11.8 Å². The summed E-state index contributed by atoms with van der Waals surface area (Å²) in [5.74, 6) is 0.618. The number of benzene rings is 2. The van der Waals surface area contributed by atoms with Crippen molar-refractivity contribution in [3.05, 3.63) is 53.2 Å². The molecule has 3 heterocycles. The van der Waals surface area contributed by atoms with Gasteiger partial charge in [-0.2, -0.15) is 4.57 Å². The number of fused-ring (bicyclic) bond motifs is 3. The van der Waals surface area contributed by atoms with Crippen LogP contribution in [0.2, 0.25) is 0 Å². The van der Waals surface area contributed by atoms with Crippen LogP contribution in [0.4, 0.5) is 0 Å². The van der Waals surface area contributed by atoms with Crippen LogP contribution in [0, 0.1) is 19.8 Å². The van der Waals surface area contributed by atoms with E-state index >= 15 is 0 Å². The maximum atomic E-state index is 6.55. The summed E-state index contributed by atoms with van der Waals surface area (Å²) < 4.78 is 11.0. The number of nitrogens with zero attached hydrogens (tertiary/aromatic N) is 2. The van der Waals surface area contributed by atoms with E-state index in [0.29, 0.717) is 5.92 Å². The van der Waals surface area contributed by atoms with Crippen molar-refractivity contribution in [2.45, 2.75) is 34.1 Å². The van der Waals surface area contributed by atoms with Crippen LogP contribution in [0.3, 0.4) is 0 Å². The molecule has 0 unspecified atom stereocenters.